The minimum absolute atomic E-state index is 0.270. The van der Waals surface area contributed by atoms with Gasteiger partial charge in [0.2, 0.25) is 0 Å². The molecule has 0 saturated carbocycles. The highest BCUT2D eigenvalue weighted by molar-refractivity contribution is 5.45. The molecule has 2 aliphatic heterocycles. The first kappa shape index (κ1) is 24.9. The molecule has 186 valence electrons. The fraction of sp³-hybridized carbons (Fsp3) is 0.577. The van der Waals surface area contributed by atoms with Gasteiger partial charge in [-0.2, -0.15) is 13.2 Å². The van der Waals surface area contributed by atoms with Gasteiger partial charge >= 0.3 is 6.18 Å². The number of aliphatic hydroxyl groups excluding tert-OH is 1. The van der Waals surface area contributed by atoms with Gasteiger partial charge in [0.25, 0.3) is 0 Å². The van der Waals surface area contributed by atoms with Gasteiger partial charge in [-0.05, 0) is 69.0 Å². The Balaban J connectivity index is 1.37. The number of piperazine rings is 1. The first-order valence-electron chi connectivity index (χ1n) is 12.0. The zero-order chi connectivity index (χ0) is 24.6. The summed E-state index contributed by atoms with van der Waals surface area (Å²) in [5, 5.41) is 9.45. The van der Waals surface area contributed by atoms with Crippen LogP contribution < -0.4 is 4.74 Å². The molecule has 2 saturated heterocycles. The molecule has 0 radical (unpaired) electrons. The first-order valence-corrected chi connectivity index (χ1v) is 12.0. The van der Waals surface area contributed by atoms with Gasteiger partial charge in [0, 0.05) is 50.4 Å². The number of aliphatic hydroxyl groups is 1. The Morgan fingerprint density at radius 1 is 1.09 bits per heavy atom. The number of hydrogen-bond acceptors (Lipinski definition) is 5. The number of rotatable bonds is 8. The summed E-state index contributed by atoms with van der Waals surface area (Å²) < 4.78 is 44.3. The van der Waals surface area contributed by atoms with Crippen molar-refractivity contribution in [3.05, 3.63) is 58.4 Å². The van der Waals surface area contributed by atoms with Crippen LogP contribution in [0.3, 0.4) is 0 Å². The molecule has 4 rings (SSSR count). The number of nitrogens with zero attached hydrogens (tertiary/aromatic N) is 3. The van der Waals surface area contributed by atoms with E-state index in [9.17, 15) is 18.3 Å². The molecule has 0 amide bonds. The van der Waals surface area contributed by atoms with Crippen LogP contribution in [0.4, 0.5) is 13.2 Å². The molecule has 3 heterocycles. The summed E-state index contributed by atoms with van der Waals surface area (Å²) in [6.07, 6.45) is -2.12. The van der Waals surface area contributed by atoms with E-state index in [1.54, 1.807) is 6.92 Å². The van der Waals surface area contributed by atoms with Crippen LogP contribution in [-0.2, 0) is 12.7 Å². The Kier molecular flexibility index (Phi) is 7.22. The number of alkyl halides is 3. The summed E-state index contributed by atoms with van der Waals surface area (Å²) >= 11 is 0. The topological polar surface area (TPSA) is 48.8 Å². The average Bonchev–Trinajstić information content (AvgIpc) is 3.36. The van der Waals surface area contributed by atoms with Gasteiger partial charge in [-0.1, -0.05) is 6.07 Å². The van der Waals surface area contributed by atoms with Gasteiger partial charge < -0.3 is 9.84 Å². The van der Waals surface area contributed by atoms with Crippen LogP contribution in [0.1, 0.15) is 60.7 Å². The number of fused-ring (bicyclic) bond motifs is 2. The van der Waals surface area contributed by atoms with E-state index < -0.39 is 11.7 Å². The number of benzene rings is 1. The second-order valence-corrected chi connectivity index (χ2v) is 9.77. The van der Waals surface area contributed by atoms with Crippen LogP contribution in [-0.4, -0.2) is 57.8 Å². The zero-order valence-corrected chi connectivity index (χ0v) is 20.3. The zero-order valence-electron chi connectivity index (χ0n) is 20.3. The fourth-order valence-electron chi connectivity index (χ4n) is 5.29. The Morgan fingerprint density at radius 3 is 2.44 bits per heavy atom. The van der Waals surface area contributed by atoms with Crippen molar-refractivity contribution >= 4 is 0 Å². The monoisotopic (exact) mass is 477 g/mol. The summed E-state index contributed by atoms with van der Waals surface area (Å²) in [4.78, 5) is 8.95. The van der Waals surface area contributed by atoms with Gasteiger partial charge in [-0.3, -0.25) is 14.8 Å². The summed E-state index contributed by atoms with van der Waals surface area (Å²) in [5.74, 6) is 0.868. The number of pyridine rings is 1. The Bertz CT molecular complexity index is 994. The highest BCUT2D eigenvalue weighted by atomic mass is 19.4. The van der Waals surface area contributed by atoms with Crippen molar-refractivity contribution in [2.75, 3.05) is 19.7 Å². The van der Waals surface area contributed by atoms with Crippen LogP contribution in [0.2, 0.25) is 0 Å². The predicted molar refractivity (Wildman–Crippen MR) is 125 cm³/mol. The summed E-state index contributed by atoms with van der Waals surface area (Å²) in [5.41, 5.74) is 3.64. The van der Waals surface area contributed by atoms with E-state index in [0.717, 1.165) is 43.1 Å². The molecule has 4 atom stereocenters. The third-order valence-corrected chi connectivity index (χ3v) is 7.43. The van der Waals surface area contributed by atoms with Crippen LogP contribution >= 0.6 is 0 Å². The smallest absolute Gasteiger partial charge is 0.417 e. The van der Waals surface area contributed by atoms with E-state index in [4.69, 9.17) is 4.74 Å². The molecule has 2 bridgehead atoms. The van der Waals surface area contributed by atoms with E-state index in [-0.39, 0.29) is 12.1 Å². The van der Waals surface area contributed by atoms with Crippen LogP contribution in [0.15, 0.2) is 30.5 Å². The molecular weight excluding hydrogens is 443 g/mol. The van der Waals surface area contributed by atoms with Crippen molar-refractivity contribution in [3.63, 3.8) is 0 Å². The molecule has 1 N–H and O–H groups in total. The standard InChI is InChI=1S/C26H34F3N3O2/c1-16(33)9-10-34-25-8-7-24(17(2)18(25)3)19(4)32-15-22-11-23(32)14-31(22)13-21-6-5-20(12-30-21)26(27,28)29/h5-8,12,16,19,22-23,33H,9-11,13-15H2,1-4H3/t16?,19-,22?,23?/m0/s1. The maximum Gasteiger partial charge on any atom is 0.417 e. The number of aromatic nitrogens is 1. The van der Waals surface area contributed by atoms with Crippen LogP contribution in [0.25, 0.3) is 0 Å². The molecular formula is C26H34F3N3O2. The highest BCUT2D eigenvalue weighted by Crippen LogP contribution is 2.39. The maximum absolute atomic E-state index is 12.8. The lowest BCUT2D eigenvalue weighted by Crippen LogP contribution is -2.46. The van der Waals surface area contributed by atoms with Crippen LogP contribution in [0, 0.1) is 13.8 Å². The van der Waals surface area contributed by atoms with Gasteiger partial charge in [0.05, 0.1) is 24.0 Å². The molecule has 5 nitrogen and oxygen atoms in total. The molecule has 1 aromatic carbocycles. The summed E-state index contributed by atoms with van der Waals surface area (Å²) in [6.45, 7) is 11.1. The number of halogens is 3. The molecule has 2 aromatic rings. The van der Waals surface area contributed by atoms with Crippen molar-refractivity contribution in [3.8, 4) is 5.75 Å². The van der Waals surface area contributed by atoms with Crippen molar-refractivity contribution < 1.29 is 23.0 Å². The van der Waals surface area contributed by atoms with Crippen molar-refractivity contribution in [1.29, 1.82) is 0 Å². The van der Waals surface area contributed by atoms with E-state index in [1.807, 2.05) is 6.07 Å². The number of ether oxygens (including phenoxy) is 1. The molecule has 8 heteroatoms. The summed E-state index contributed by atoms with van der Waals surface area (Å²) in [6, 6.07) is 7.89. The van der Waals surface area contributed by atoms with E-state index in [2.05, 4.69) is 41.6 Å². The average molecular weight is 478 g/mol. The van der Waals surface area contributed by atoms with E-state index >= 15 is 0 Å². The SMILES string of the molecule is Cc1c(OCCC(C)O)ccc([C@H](C)N2CC3CC2CN3Cc2ccc(C(F)(F)F)cn2)c1C. The van der Waals surface area contributed by atoms with E-state index in [0.29, 0.717) is 37.4 Å². The Hall–Kier alpha value is -2.16. The maximum atomic E-state index is 12.8. The lowest BCUT2D eigenvalue weighted by atomic mass is 9.96. The molecule has 2 fully saturated rings. The molecule has 0 aliphatic carbocycles. The molecule has 3 unspecified atom stereocenters. The third-order valence-electron chi connectivity index (χ3n) is 7.43. The van der Waals surface area contributed by atoms with Crippen LogP contribution in [0.5, 0.6) is 5.75 Å². The van der Waals surface area contributed by atoms with Gasteiger partial charge in [0.15, 0.2) is 0 Å². The van der Waals surface area contributed by atoms with Crippen molar-refractivity contribution in [1.82, 2.24) is 14.8 Å². The molecule has 1 aromatic heterocycles. The third kappa shape index (κ3) is 5.24. The quantitative estimate of drug-likeness (QED) is 0.587. The van der Waals surface area contributed by atoms with Gasteiger partial charge in [0.1, 0.15) is 5.75 Å². The minimum atomic E-state index is -4.35. The van der Waals surface area contributed by atoms with Crippen molar-refractivity contribution in [2.24, 2.45) is 0 Å². The van der Waals surface area contributed by atoms with E-state index in [1.165, 1.54) is 17.2 Å². The molecule has 34 heavy (non-hydrogen) atoms. The van der Waals surface area contributed by atoms with Crippen molar-refractivity contribution in [2.45, 2.75) is 77.5 Å². The lowest BCUT2D eigenvalue weighted by molar-refractivity contribution is -0.137. The first-order chi connectivity index (χ1) is 16.0. The number of hydrogen-bond donors (Lipinski definition) is 1. The predicted octanol–water partition coefficient (Wildman–Crippen LogP) is 4.89. The molecule has 2 aliphatic rings. The van der Waals surface area contributed by atoms with Gasteiger partial charge in [-0.15, -0.1) is 0 Å². The minimum Gasteiger partial charge on any atom is -0.493 e. The highest BCUT2D eigenvalue weighted by Gasteiger charge is 2.45. The normalized spacial score (nSPS) is 22.8. The largest absolute Gasteiger partial charge is 0.493 e. The molecule has 0 spiro atoms. The lowest BCUT2D eigenvalue weighted by Gasteiger charge is -2.38. The second-order valence-electron chi connectivity index (χ2n) is 9.77. The Morgan fingerprint density at radius 2 is 1.85 bits per heavy atom. The van der Waals surface area contributed by atoms with Gasteiger partial charge in [-0.25, -0.2) is 0 Å². The fourth-order valence-corrected chi connectivity index (χ4v) is 5.29. The number of likely N-dealkylation sites (tertiary alicyclic amines) is 2. The second kappa shape index (κ2) is 9.84. The summed E-state index contributed by atoms with van der Waals surface area (Å²) in [7, 11) is 0. The Labute approximate surface area is 199 Å².